The molecule has 2 unspecified atom stereocenters. The molecule has 2 fully saturated rings. The molecule has 0 aromatic carbocycles. The van der Waals surface area contributed by atoms with Crippen molar-refractivity contribution in [1.82, 2.24) is 5.32 Å². The van der Waals surface area contributed by atoms with Crippen molar-refractivity contribution in [3.05, 3.63) is 0 Å². The number of ether oxygens (including phenoxy) is 4. The van der Waals surface area contributed by atoms with E-state index in [0.29, 0.717) is 32.5 Å². The Morgan fingerprint density at radius 3 is 2.72 bits per heavy atom. The molecule has 0 radical (unpaired) electrons. The first kappa shape index (κ1) is 14.2. The lowest BCUT2D eigenvalue weighted by Gasteiger charge is -2.40. The molecule has 1 aliphatic carbocycles. The maximum absolute atomic E-state index is 5.93. The summed E-state index contributed by atoms with van der Waals surface area (Å²) in [6, 6.07) is 0.380. The van der Waals surface area contributed by atoms with E-state index in [2.05, 4.69) is 5.32 Å². The zero-order valence-corrected chi connectivity index (χ0v) is 11.4. The summed E-state index contributed by atoms with van der Waals surface area (Å²) in [5.41, 5.74) is 0. The van der Waals surface area contributed by atoms with Gasteiger partial charge in [0.1, 0.15) is 0 Å². The van der Waals surface area contributed by atoms with E-state index in [-0.39, 0.29) is 11.9 Å². The van der Waals surface area contributed by atoms with Gasteiger partial charge in [-0.1, -0.05) is 0 Å². The Morgan fingerprint density at radius 2 is 2.06 bits per heavy atom. The Labute approximate surface area is 109 Å². The lowest BCUT2D eigenvalue weighted by Crippen LogP contribution is -2.51. The molecule has 0 aromatic rings. The minimum Gasteiger partial charge on any atom is -0.379 e. The number of hydrogen-bond donors (Lipinski definition) is 1. The van der Waals surface area contributed by atoms with Crippen molar-refractivity contribution < 1.29 is 18.9 Å². The monoisotopic (exact) mass is 259 g/mol. The lowest BCUT2D eigenvalue weighted by atomic mass is 9.87. The lowest BCUT2D eigenvalue weighted by molar-refractivity contribution is -0.207. The van der Waals surface area contributed by atoms with Gasteiger partial charge < -0.3 is 24.3 Å². The summed E-state index contributed by atoms with van der Waals surface area (Å²) in [4.78, 5) is 0. The smallest absolute Gasteiger partial charge is 0.171 e. The number of nitrogens with one attached hydrogen (secondary N) is 1. The normalized spacial score (nSPS) is 31.0. The molecule has 0 aromatic heterocycles. The SMILES string of the molecule is CCOCCOC1CC2(CCC1NC)OCCO2. The molecule has 1 N–H and O–H groups in total. The van der Waals surface area contributed by atoms with E-state index >= 15 is 0 Å². The van der Waals surface area contributed by atoms with Crippen molar-refractivity contribution in [2.75, 3.05) is 40.1 Å². The summed E-state index contributed by atoms with van der Waals surface area (Å²) < 4.78 is 22.8. The topological polar surface area (TPSA) is 49.0 Å². The summed E-state index contributed by atoms with van der Waals surface area (Å²) in [5.74, 6) is -0.385. The van der Waals surface area contributed by atoms with Crippen LogP contribution in [0, 0.1) is 0 Å². The van der Waals surface area contributed by atoms with Crippen molar-refractivity contribution in [1.29, 1.82) is 0 Å². The van der Waals surface area contributed by atoms with Crippen LogP contribution in [0.4, 0.5) is 0 Å². The van der Waals surface area contributed by atoms with E-state index in [1.165, 1.54) is 0 Å². The molecule has 1 heterocycles. The van der Waals surface area contributed by atoms with Crippen LogP contribution >= 0.6 is 0 Å². The largest absolute Gasteiger partial charge is 0.379 e. The molecule has 0 bridgehead atoms. The van der Waals surface area contributed by atoms with Crippen LogP contribution in [-0.2, 0) is 18.9 Å². The van der Waals surface area contributed by atoms with E-state index in [1.54, 1.807) is 0 Å². The third kappa shape index (κ3) is 3.42. The second kappa shape index (κ2) is 6.82. The Kier molecular flexibility index (Phi) is 5.38. The van der Waals surface area contributed by atoms with Crippen molar-refractivity contribution >= 4 is 0 Å². The number of rotatable bonds is 6. The number of hydrogen-bond acceptors (Lipinski definition) is 5. The second-order valence-electron chi connectivity index (χ2n) is 4.85. The highest BCUT2D eigenvalue weighted by Gasteiger charge is 2.45. The van der Waals surface area contributed by atoms with Crippen LogP contribution in [0.25, 0.3) is 0 Å². The molecule has 0 amide bonds. The molecule has 1 spiro atoms. The van der Waals surface area contributed by atoms with Gasteiger partial charge in [0.05, 0.1) is 32.5 Å². The molecule has 1 saturated carbocycles. The molecule has 2 atom stereocenters. The van der Waals surface area contributed by atoms with E-state index in [9.17, 15) is 0 Å². The van der Waals surface area contributed by atoms with Crippen molar-refractivity contribution in [2.45, 2.75) is 44.1 Å². The van der Waals surface area contributed by atoms with E-state index in [0.717, 1.165) is 25.9 Å². The van der Waals surface area contributed by atoms with Gasteiger partial charge in [-0.3, -0.25) is 0 Å². The van der Waals surface area contributed by atoms with Gasteiger partial charge in [0.2, 0.25) is 0 Å². The van der Waals surface area contributed by atoms with Crippen molar-refractivity contribution in [3.8, 4) is 0 Å². The van der Waals surface area contributed by atoms with Crippen LogP contribution in [0.1, 0.15) is 26.2 Å². The first-order valence-corrected chi connectivity index (χ1v) is 6.94. The van der Waals surface area contributed by atoms with Gasteiger partial charge >= 0.3 is 0 Å². The number of likely N-dealkylation sites (N-methyl/N-ethyl adjacent to an activating group) is 1. The van der Waals surface area contributed by atoms with E-state index in [4.69, 9.17) is 18.9 Å². The summed E-state index contributed by atoms with van der Waals surface area (Å²) in [6.45, 7) is 5.42. The van der Waals surface area contributed by atoms with Crippen LogP contribution in [-0.4, -0.2) is 58.0 Å². The molecule has 5 heteroatoms. The third-order valence-electron chi connectivity index (χ3n) is 3.75. The fourth-order valence-corrected chi connectivity index (χ4v) is 2.78. The Hall–Kier alpha value is -0.200. The van der Waals surface area contributed by atoms with Crippen molar-refractivity contribution in [3.63, 3.8) is 0 Å². The minimum atomic E-state index is -0.385. The van der Waals surface area contributed by atoms with E-state index in [1.807, 2.05) is 14.0 Å². The van der Waals surface area contributed by atoms with Crippen molar-refractivity contribution in [2.24, 2.45) is 0 Å². The molecular weight excluding hydrogens is 234 g/mol. The first-order valence-electron chi connectivity index (χ1n) is 6.94. The quantitative estimate of drug-likeness (QED) is 0.719. The van der Waals surface area contributed by atoms with Crippen LogP contribution in [0.3, 0.4) is 0 Å². The maximum Gasteiger partial charge on any atom is 0.171 e. The average molecular weight is 259 g/mol. The highest BCUT2D eigenvalue weighted by molar-refractivity contribution is 4.91. The van der Waals surface area contributed by atoms with Gasteiger partial charge in [0.15, 0.2) is 5.79 Å². The van der Waals surface area contributed by atoms with Gasteiger partial charge in [0, 0.05) is 25.5 Å². The third-order valence-corrected chi connectivity index (χ3v) is 3.75. The molecule has 5 nitrogen and oxygen atoms in total. The van der Waals surface area contributed by atoms with E-state index < -0.39 is 0 Å². The first-order chi connectivity index (χ1) is 8.79. The fraction of sp³-hybridized carbons (Fsp3) is 1.00. The van der Waals surface area contributed by atoms with Crippen LogP contribution < -0.4 is 5.32 Å². The van der Waals surface area contributed by atoms with Gasteiger partial charge in [-0.2, -0.15) is 0 Å². The molecule has 2 rings (SSSR count). The molecular formula is C13H25NO4. The minimum absolute atomic E-state index is 0.141. The molecule has 1 saturated heterocycles. The summed E-state index contributed by atoms with van der Waals surface area (Å²) in [7, 11) is 1.98. The zero-order valence-electron chi connectivity index (χ0n) is 11.4. The van der Waals surface area contributed by atoms with Crippen LogP contribution in [0.2, 0.25) is 0 Å². The predicted molar refractivity (Wildman–Crippen MR) is 67.6 cm³/mol. The molecule has 2 aliphatic rings. The molecule has 1 aliphatic heterocycles. The van der Waals surface area contributed by atoms with Crippen LogP contribution in [0.15, 0.2) is 0 Å². The Balaban J connectivity index is 1.83. The van der Waals surface area contributed by atoms with Gasteiger partial charge in [-0.15, -0.1) is 0 Å². The maximum atomic E-state index is 5.93. The van der Waals surface area contributed by atoms with Gasteiger partial charge in [0.25, 0.3) is 0 Å². The summed E-state index contributed by atoms with van der Waals surface area (Å²) in [6.07, 6.45) is 2.92. The Bertz CT molecular complexity index is 243. The van der Waals surface area contributed by atoms with Gasteiger partial charge in [-0.05, 0) is 20.4 Å². The second-order valence-corrected chi connectivity index (χ2v) is 4.85. The fourth-order valence-electron chi connectivity index (χ4n) is 2.78. The zero-order chi connectivity index (χ0) is 12.8. The predicted octanol–water partition coefficient (Wildman–Crippen LogP) is 0.923. The highest BCUT2D eigenvalue weighted by Crippen LogP contribution is 2.37. The summed E-state index contributed by atoms with van der Waals surface area (Å²) in [5, 5.41) is 3.32. The molecule has 106 valence electrons. The molecule has 18 heavy (non-hydrogen) atoms. The van der Waals surface area contributed by atoms with Crippen LogP contribution in [0.5, 0.6) is 0 Å². The van der Waals surface area contributed by atoms with Gasteiger partial charge in [-0.25, -0.2) is 0 Å². The Morgan fingerprint density at radius 1 is 1.28 bits per heavy atom. The highest BCUT2D eigenvalue weighted by atomic mass is 16.7. The summed E-state index contributed by atoms with van der Waals surface area (Å²) >= 11 is 0. The standard InChI is InChI=1S/C13H25NO4/c1-3-15-6-7-16-12-10-13(17-8-9-18-13)5-4-11(12)14-2/h11-12,14H,3-10H2,1-2H3. The average Bonchev–Trinajstić information content (AvgIpc) is 2.83.